The SMILES string of the molecule is CC(C)S(=O)(=O)c1ccc(-c2nc(Cl)nc(N)c2Cl)cc1. The number of hydrogen-bond acceptors (Lipinski definition) is 5. The summed E-state index contributed by atoms with van der Waals surface area (Å²) in [6.45, 7) is 3.26. The highest BCUT2D eigenvalue weighted by molar-refractivity contribution is 7.92. The molecule has 8 heteroatoms. The summed E-state index contributed by atoms with van der Waals surface area (Å²) in [5, 5.41) is -0.333. The van der Waals surface area contributed by atoms with Gasteiger partial charge < -0.3 is 5.73 Å². The molecule has 1 heterocycles. The molecule has 2 rings (SSSR count). The Morgan fingerprint density at radius 1 is 1.10 bits per heavy atom. The molecule has 1 aromatic carbocycles. The molecule has 0 spiro atoms. The van der Waals surface area contributed by atoms with Crippen LogP contribution in [0.5, 0.6) is 0 Å². The van der Waals surface area contributed by atoms with Crippen molar-refractivity contribution in [3.8, 4) is 11.3 Å². The van der Waals surface area contributed by atoms with Gasteiger partial charge in [-0.3, -0.25) is 0 Å². The molecule has 0 aliphatic carbocycles. The molecule has 2 N–H and O–H groups in total. The summed E-state index contributed by atoms with van der Waals surface area (Å²) >= 11 is 11.8. The van der Waals surface area contributed by atoms with Crippen LogP contribution in [0.15, 0.2) is 29.2 Å². The first-order valence-electron chi connectivity index (χ1n) is 6.06. The van der Waals surface area contributed by atoms with Crippen LogP contribution in [0.2, 0.25) is 10.3 Å². The predicted octanol–water partition coefficient (Wildman–Crippen LogP) is 3.21. The molecule has 0 atom stereocenters. The second kappa shape index (κ2) is 5.79. The predicted molar refractivity (Wildman–Crippen MR) is 84.2 cm³/mol. The van der Waals surface area contributed by atoms with Gasteiger partial charge in [0.05, 0.1) is 15.8 Å². The molecule has 0 amide bonds. The molecule has 0 radical (unpaired) electrons. The smallest absolute Gasteiger partial charge is 0.224 e. The second-order valence-corrected chi connectivity index (χ2v) is 7.88. The Morgan fingerprint density at radius 3 is 2.19 bits per heavy atom. The highest BCUT2D eigenvalue weighted by Gasteiger charge is 2.19. The fourth-order valence-corrected chi connectivity index (χ4v) is 3.13. The summed E-state index contributed by atoms with van der Waals surface area (Å²) in [6.07, 6.45) is 0. The Balaban J connectivity index is 2.50. The fraction of sp³-hybridized carbons (Fsp3) is 0.231. The maximum Gasteiger partial charge on any atom is 0.224 e. The number of nitrogens with two attached hydrogens (primary N) is 1. The molecular formula is C13H13Cl2N3O2S. The van der Waals surface area contributed by atoms with Gasteiger partial charge in [-0.2, -0.15) is 4.98 Å². The number of nitrogens with zero attached hydrogens (tertiary/aromatic N) is 2. The van der Waals surface area contributed by atoms with Crippen LogP contribution in [0.25, 0.3) is 11.3 Å². The molecule has 0 unspecified atom stereocenters. The van der Waals surface area contributed by atoms with Crippen LogP contribution in [0.4, 0.5) is 5.82 Å². The van der Waals surface area contributed by atoms with Crippen LogP contribution in [0.1, 0.15) is 13.8 Å². The molecule has 2 aromatic rings. The zero-order chi connectivity index (χ0) is 15.8. The molecule has 5 nitrogen and oxygen atoms in total. The number of aromatic nitrogens is 2. The van der Waals surface area contributed by atoms with Crippen LogP contribution >= 0.6 is 23.2 Å². The minimum atomic E-state index is -3.32. The van der Waals surface area contributed by atoms with Crippen LogP contribution in [-0.4, -0.2) is 23.6 Å². The third kappa shape index (κ3) is 3.12. The van der Waals surface area contributed by atoms with Crippen molar-refractivity contribution in [1.82, 2.24) is 9.97 Å². The second-order valence-electron chi connectivity index (χ2n) is 4.66. The molecule has 0 aliphatic heterocycles. The highest BCUT2D eigenvalue weighted by Crippen LogP contribution is 2.31. The maximum absolute atomic E-state index is 12.1. The van der Waals surface area contributed by atoms with Crippen molar-refractivity contribution in [2.75, 3.05) is 5.73 Å². The first kappa shape index (κ1) is 16.0. The Kier molecular flexibility index (Phi) is 4.41. The van der Waals surface area contributed by atoms with Crippen molar-refractivity contribution in [3.05, 3.63) is 34.6 Å². The third-order valence-corrected chi connectivity index (χ3v) is 5.64. The van der Waals surface area contributed by atoms with E-state index < -0.39 is 15.1 Å². The van der Waals surface area contributed by atoms with Gasteiger partial charge in [-0.05, 0) is 37.6 Å². The first-order valence-corrected chi connectivity index (χ1v) is 8.36. The molecule has 1 aromatic heterocycles. The van der Waals surface area contributed by atoms with E-state index in [1.54, 1.807) is 26.0 Å². The van der Waals surface area contributed by atoms with E-state index in [1.807, 2.05) is 0 Å². The molecule has 21 heavy (non-hydrogen) atoms. The summed E-state index contributed by atoms with van der Waals surface area (Å²) in [6, 6.07) is 6.24. The normalized spacial score (nSPS) is 11.9. The van der Waals surface area contributed by atoms with Crippen molar-refractivity contribution in [2.45, 2.75) is 24.0 Å². The average molecular weight is 346 g/mol. The maximum atomic E-state index is 12.1. The Bertz CT molecular complexity index is 775. The standard InChI is InChI=1S/C13H13Cl2N3O2S/c1-7(2)21(19,20)9-5-3-8(4-6-9)11-10(14)12(16)18-13(15)17-11/h3-7H,1-2H3,(H2,16,17,18). The molecule has 112 valence electrons. The number of benzene rings is 1. The van der Waals surface area contributed by atoms with E-state index in [4.69, 9.17) is 28.9 Å². The monoisotopic (exact) mass is 345 g/mol. The zero-order valence-electron chi connectivity index (χ0n) is 11.3. The van der Waals surface area contributed by atoms with E-state index in [9.17, 15) is 8.42 Å². The number of hydrogen-bond donors (Lipinski definition) is 1. The first-order chi connectivity index (χ1) is 9.73. The summed E-state index contributed by atoms with van der Waals surface area (Å²) in [5.41, 5.74) is 6.61. The van der Waals surface area contributed by atoms with E-state index in [0.29, 0.717) is 11.3 Å². The van der Waals surface area contributed by atoms with Crippen molar-refractivity contribution in [1.29, 1.82) is 0 Å². The lowest BCUT2D eigenvalue weighted by Gasteiger charge is -2.09. The molecule has 0 bridgehead atoms. The lowest BCUT2D eigenvalue weighted by Crippen LogP contribution is -2.13. The van der Waals surface area contributed by atoms with Crippen LogP contribution in [0, 0.1) is 0 Å². The van der Waals surface area contributed by atoms with E-state index in [-0.39, 0.29) is 21.0 Å². The van der Waals surface area contributed by atoms with Crippen molar-refractivity contribution in [3.63, 3.8) is 0 Å². The van der Waals surface area contributed by atoms with E-state index in [0.717, 1.165) is 0 Å². The van der Waals surface area contributed by atoms with Gasteiger partial charge in [-0.1, -0.05) is 23.7 Å². The van der Waals surface area contributed by atoms with Crippen molar-refractivity contribution >= 4 is 38.9 Å². The van der Waals surface area contributed by atoms with E-state index in [2.05, 4.69) is 9.97 Å². The molecular weight excluding hydrogens is 333 g/mol. The number of halogens is 2. The lowest BCUT2D eigenvalue weighted by atomic mass is 10.1. The van der Waals surface area contributed by atoms with Crippen LogP contribution < -0.4 is 5.73 Å². The molecule has 0 saturated carbocycles. The van der Waals surface area contributed by atoms with Gasteiger partial charge in [0.25, 0.3) is 0 Å². The quantitative estimate of drug-likeness (QED) is 0.863. The fourth-order valence-electron chi connectivity index (χ4n) is 1.70. The minimum absolute atomic E-state index is 0.0224. The third-order valence-electron chi connectivity index (χ3n) is 2.93. The Labute approximate surface area is 133 Å². The average Bonchev–Trinajstić information content (AvgIpc) is 2.42. The summed E-state index contributed by atoms with van der Waals surface area (Å²) in [7, 11) is -3.32. The summed E-state index contributed by atoms with van der Waals surface area (Å²) in [5.74, 6) is 0.0746. The summed E-state index contributed by atoms with van der Waals surface area (Å²) in [4.78, 5) is 8.01. The van der Waals surface area contributed by atoms with Crippen LogP contribution in [-0.2, 0) is 9.84 Å². The van der Waals surface area contributed by atoms with Gasteiger partial charge in [-0.15, -0.1) is 0 Å². The number of rotatable bonds is 3. The van der Waals surface area contributed by atoms with Gasteiger partial charge in [0.15, 0.2) is 9.84 Å². The van der Waals surface area contributed by atoms with Crippen LogP contribution in [0.3, 0.4) is 0 Å². The van der Waals surface area contributed by atoms with E-state index >= 15 is 0 Å². The van der Waals surface area contributed by atoms with Gasteiger partial charge in [0.2, 0.25) is 5.28 Å². The highest BCUT2D eigenvalue weighted by atomic mass is 35.5. The van der Waals surface area contributed by atoms with E-state index in [1.165, 1.54) is 12.1 Å². The van der Waals surface area contributed by atoms with Gasteiger partial charge in [-0.25, -0.2) is 13.4 Å². The Hall–Kier alpha value is -1.37. The largest absolute Gasteiger partial charge is 0.382 e. The minimum Gasteiger partial charge on any atom is -0.382 e. The zero-order valence-corrected chi connectivity index (χ0v) is 13.7. The van der Waals surface area contributed by atoms with Crippen molar-refractivity contribution < 1.29 is 8.42 Å². The number of anilines is 1. The molecule has 0 fully saturated rings. The molecule has 0 saturated heterocycles. The number of sulfone groups is 1. The molecule has 0 aliphatic rings. The van der Waals surface area contributed by atoms with Gasteiger partial charge in [0.1, 0.15) is 10.8 Å². The lowest BCUT2D eigenvalue weighted by molar-refractivity contribution is 0.587. The van der Waals surface area contributed by atoms with Crippen molar-refractivity contribution in [2.24, 2.45) is 0 Å². The Morgan fingerprint density at radius 2 is 1.67 bits per heavy atom. The number of nitrogen functional groups attached to an aromatic ring is 1. The topological polar surface area (TPSA) is 85.9 Å². The van der Waals surface area contributed by atoms with Gasteiger partial charge in [0, 0.05) is 5.56 Å². The van der Waals surface area contributed by atoms with Gasteiger partial charge >= 0.3 is 0 Å². The summed E-state index contributed by atoms with van der Waals surface area (Å²) < 4.78 is 24.1.